The van der Waals surface area contributed by atoms with Crippen LogP contribution in [-0.2, 0) is 62.3 Å². The second-order valence-corrected chi connectivity index (χ2v) is 8.13. The lowest BCUT2D eigenvalue weighted by Crippen LogP contribution is -2.42. The topological polar surface area (TPSA) is 505 Å². The first-order valence-corrected chi connectivity index (χ1v) is 12.4. The van der Waals surface area contributed by atoms with E-state index in [1.165, 1.54) is 0 Å². The summed E-state index contributed by atoms with van der Waals surface area (Å²) in [7, 11) is 0. The van der Waals surface area contributed by atoms with Crippen molar-refractivity contribution in [2.24, 2.45) is 0 Å². The number of carboxylic acid groups (broad SMARTS) is 12. The van der Waals surface area contributed by atoms with Gasteiger partial charge in [0.05, 0.1) is 32.1 Å². The van der Waals surface area contributed by atoms with Gasteiger partial charge < -0.3 is 71.5 Å². The average molecular weight is 769 g/mol. The van der Waals surface area contributed by atoms with E-state index in [9.17, 15) is 52.7 Å². The molecule has 14 N–H and O–H groups in total. The summed E-state index contributed by atoms with van der Waals surface area (Å²) in [5.41, 5.74) is -2.74. The van der Waals surface area contributed by atoms with E-state index in [0.717, 1.165) is 20.8 Å². The maximum Gasteiger partial charge on any atom is 0.371 e. The normalized spacial score (nSPS) is 9.48. The molecule has 0 aromatic heterocycles. The summed E-state index contributed by atoms with van der Waals surface area (Å²) in [4.78, 5) is 125. The van der Waals surface area contributed by atoms with E-state index in [-0.39, 0.29) is 12.8 Å². The van der Waals surface area contributed by atoms with Gasteiger partial charge in [0.2, 0.25) is 5.78 Å². The largest absolute Gasteiger partial charge is 0.481 e. The molecule has 0 aliphatic carbocycles. The van der Waals surface area contributed by atoms with Gasteiger partial charge in [-0.05, 0) is 0 Å². The zero-order chi connectivity index (χ0) is 43.5. The zero-order valence-corrected chi connectivity index (χ0v) is 26.8. The van der Waals surface area contributed by atoms with Crippen LogP contribution in [0.3, 0.4) is 0 Å². The molecule has 52 heavy (non-hydrogen) atoms. The van der Waals surface area contributed by atoms with Crippen molar-refractivity contribution in [2.75, 3.05) is 0 Å². The predicted octanol–water partition coefficient (Wildman–Crippen LogP) is -2.85. The molecule has 0 fully saturated rings. The average Bonchev–Trinajstić information content (AvgIpc) is 2.90. The number of aliphatic hydroxyl groups is 2. The third-order valence-electron chi connectivity index (χ3n) is 3.16. The molecule has 0 aromatic carbocycles. The second kappa shape index (κ2) is 35.3. The summed E-state index contributed by atoms with van der Waals surface area (Å²) in [6.45, 7) is 3.17. The van der Waals surface area contributed by atoms with Crippen LogP contribution in [-0.4, -0.2) is 161 Å². The Hall–Kier alpha value is -7.03. The molecule has 0 spiro atoms. The highest BCUT2D eigenvalue weighted by molar-refractivity contribution is 6.31. The molecule has 0 saturated heterocycles. The van der Waals surface area contributed by atoms with E-state index in [0.29, 0.717) is 12.2 Å². The third-order valence-corrected chi connectivity index (χ3v) is 3.16. The van der Waals surface area contributed by atoms with Gasteiger partial charge in [0.1, 0.15) is 0 Å². The SMILES string of the molecule is CC(=O)C(=O)O.CC(=O)O.CC(=O)O.O=C(O)C=CC(=O)O.O=C(O)CC(O)(CC(=O)O)C(=O)O.O=C(O)CC(O)C(=O)O.O=C(O)CCC(=O)O. The molecule has 0 bridgehead atoms. The van der Waals surface area contributed by atoms with Crippen LogP contribution >= 0.6 is 0 Å². The number of Topliss-reactive ketones (excluding diaryl/α,β-unsaturated/α-hetero) is 1. The maximum atomic E-state index is 10.3. The Morgan fingerprint density at radius 2 is 0.750 bits per heavy atom. The minimum Gasteiger partial charge on any atom is -0.481 e. The van der Waals surface area contributed by atoms with Crippen LogP contribution in [0.5, 0.6) is 0 Å². The van der Waals surface area contributed by atoms with Gasteiger partial charge >= 0.3 is 59.7 Å². The number of aliphatic carboxylic acids is 12. The van der Waals surface area contributed by atoms with Crippen molar-refractivity contribution in [3.63, 3.8) is 0 Å². The van der Waals surface area contributed by atoms with Gasteiger partial charge in [0.15, 0.2) is 11.7 Å². The lowest BCUT2D eigenvalue weighted by molar-refractivity contribution is -0.170. The van der Waals surface area contributed by atoms with Gasteiger partial charge in [-0.1, -0.05) is 0 Å². The van der Waals surface area contributed by atoms with Crippen molar-refractivity contribution < 1.29 is 134 Å². The quantitative estimate of drug-likeness (QED) is 0.0624. The van der Waals surface area contributed by atoms with Crippen molar-refractivity contribution in [1.29, 1.82) is 0 Å². The van der Waals surface area contributed by atoms with E-state index in [4.69, 9.17) is 81.1 Å². The summed E-state index contributed by atoms with van der Waals surface area (Å²) < 4.78 is 0. The molecule has 0 saturated carbocycles. The smallest absolute Gasteiger partial charge is 0.371 e. The number of carbonyl (C=O) groups is 13. The molecule has 1 unspecified atom stereocenters. The van der Waals surface area contributed by atoms with Crippen molar-refractivity contribution >= 4 is 77.4 Å². The molecule has 0 aromatic rings. The summed E-state index contributed by atoms with van der Waals surface area (Å²) in [5.74, 6) is -16.4. The molecule has 27 heteroatoms. The van der Waals surface area contributed by atoms with Crippen LogP contribution in [0.15, 0.2) is 12.2 Å². The number of rotatable bonds is 14. The minimum absolute atomic E-state index is 0.296. The van der Waals surface area contributed by atoms with E-state index >= 15 is 0 Å². The number of hydrogen-bond acceptors (Lipinski definition) is 15. The Labute approximate surface area is 288 Å². The molecule has 0 aliphatic rings. The summed E-state index contributed by atoms with van der Waals surface area (Å²) in [6, 6.07) is 0. The molecule has 0 heterocycles. The van der Waals surface area contributed by atoms with Gasteiger partial charge in [0.25, 0.3) is 11.9 Å². The highest BCUT2D eigenvalue weighted by atomic mass is 16.4. The van der Waals surface area contributed by atoms with Crippen LogP contribution in [0.4, 0.5) is 0 Å². The van der Waals surface area contributed by atoms with Crippen LogP contribution in [0, 0.1) is 0 Å². The summed E-state index contributed by atoms with van der Waals surface area (Å²) in [6.07, 6.45) is -4.31. The fourth-order valence-electron chi connectivity index (χ4n) is 1.32. The Morgan fingerprint density at radius 3 is 0.846 bits per heavy atom. The fourth-order valence-corrected chi connectivity index (χ4v) is 1.32. The fraction of sp³-hybridized carbons (Fsp3) is 0.400. The monoisotopic (exact) mass is 768 g/mol. The highest BCUT2D eigenvalue weighted by Gasteiger charge is 2.40. The Balaban J connectivity index is -0.0000000941. The van der Waals surface area contributed by atoms with Crippen LogP contribution in [0.1, 0.15) is 52.9 Å². The Morgan fingerprint density at radius 1 is 0.500 bits per heavy atom. The van der Waals surface area contributed by atoms with Gasteiger partial charge in [-0.2, -0.15) is 0 Å². The first-order valence-electron chi connectivity index (χ1n) is 12.4. The van der Waals surface area contributed by atoms with Gasteiger partial charge in [-0.3, -0.25) is 38.4 Å². The van der Waals surface area contributed by atoms with Crippen molar-refractivity contribution in [3.8, 4) is 0 Å². The molecule has 298 valence electrons. The van der Waals surface area contributed by atoms with Crippen LogP contribution in [0.2, 0.25) is 0 Å². The van der Waals surface area contributed by atoms with Gasteiger partial charge in [-0.15, -0.1) is 0 Å². The number of aliphatic hydroxyl groups excluding tert-OH is 1. The zero-order valence-electron chi connectivity index (χ0n) is 26.8. The molecule has 0 radical (unpaired) electrons. The maximum absolute atomic E-state index is 10.3. The predicted molar refractivity (Wildman–Crippen MR) is 157 cm³/mol. The Bertz CT molecular complexity index is 1200. The van der Waals surface area contributed by atoms with Crippen LogP contribution in [0.25, 0.3) is 0 Å². The van der Waals surface area contributed by atoms with E-state index < -0.39 is 108 Å². The first-order chi connectivity index (χ1) is 23.2. The highest BCUT2D eigenvalue weighted by Crippen LogP contribution is 2.15. The molecular formula is C25H36O27. The lowest BCUT2D eigenvalue weighted by Gasteiger charge is -2.18. The lowest BCUT2D eigenvalue weighted by atomic mass is 9.96. The first kappa shape index (κ1) is 60.3. The van der Waals surface area contributed by atoms with Crippen molar-refractivity contribution in [2.45, 2.75) is 64.6 Å². The molecule has 0 aliphatic heterocycles. The number of ketones is 1. The summed E-state index contributed by atoms with van der Waals surface area (Å²) in [5, 5.41) is 112. The number of carboxylic acids is 12. The van der Waals surface area contributed by atoms with Crippen LogP contribution < -0.4 is 0 Å². The van der Waals surface area contributed by atoms with E-state index in [1.54, 1.807) is 0 Å². The van der Waals surface area contributed by atoms with Crippen molar-refractivity contribution in [3.05, 3.63) is 12.2 Å². The number of hydrogen-bond donors (Lipinski definition) is 14. The second-order valence-electron chi connectivity index (χ2n) is 8.13. The van der Waals surface area contributed by atoms with E-state index in [1.807, 2.05) is 0 Å². The molecule has 1 atom stereocenters. The summed E-state index contributed by atoms with van der Waals surface area (Å²) >= 11 is 0. The molecule has 0 amide bonds. The molecule has 0 rings (SSSR count). The standard InChI is InChI=1S/C6H8O7.C4H6O5.C4H6O4.C4H4O4.C3H4O3.2C2H4O2/c7-3(8)1-6(13,5(11)12)2-4(9)10;5-2(4(8)9)1-3(6)7;2*5-3(6)1-2-4(7)8;1-2(4)3(5)6;2*1-2(3)4/h13H,1-2H2,(H,7,8)(H,9,10)(H,11,12);2,5H,1H2,(H,6,7)(H,8,9);1-2H2,(H,5,6)(H,7,8);1-2H,(H,5,6)(H,7,8);1H3,(H,5,6);2*1H3,(H,3,4). The molecule has 27 nitrogen and oxygen atoms in total. The van der Waals surface area contributed by atoms with Crippen molar-refractivity contribution in [1.82, 2.24) is 0 Å². The number of carbonyl (C=O) groups excluding carboxylic acids is 1. The third kappa shape index (κ3) is 78.9. The van der Waals surface area contributed by atoms with E-state index in [2.05, 4.69) is 0 Å². The molecular weight excluding hydrogens is 732 g/mol. The van der Waals surface area contributed by atoms with Gasteiger partial charge in [0, 0.05) is 32.9 Å². The van der Waals surface area contributed by atoms with Gasteiger partial charge in [-0.25, -0.2) is 24.0 Å². The Kier molecular flexibility index (Phi) is 40.9. The minimum atomic E-state index is -2.74.